The van der Waals surface area contributed by atoms with Crippen LogP contribution in [0.5, 0.6) is 5.75 Å². The monoisotopic (exact) mass is 406 g/mol. The number of nitrogens with one attached hydrogen (secondary N) is 2. The third-order valence-corrected chi connectivity index (χ3v) is 5.19. The molecule has 0 aliphatic carbocycles. The van der Waals surface area contributed by atoms with Crippen molar-refractivity contribution in [3.63, 3.8) is 0 Å². The minimum atomic E-state index is -0.508. The van der Waals surface area contributed by atoms with E-state index in [1.807, 2.05) is 24.3 Å². The fraction of sp³-hybridized carbons (Fsp3) is 0.227. The average molecular weight is 406 g/mol. The number of rotatable bonds is 4. The molecule has 1 aromatic heterocycles. The van der Waals surface area contributed by atoms with Crippen molar-refractivity contribution >= 4 is 17.7 Å². The Hall–Kier alpha value is -3.81. The van der Waals surface area contributed by atoms with E-state index in [-0.39, 0.29) is 12.1 Å². The lowest BCUT2D eigenvalue weighted by molar-refractivity contribution is 0.0602. The molecule has 3 aromatic rings. The molecule has 0 fully saturated rings. The van der Waals surface area contributed by atoms with Crippen LogP contribution in [-0.2, 0) is 11.2 Å². The Balaban J connectivity index is 1.67. The molecule has 0 bridgehead atoms. The second-order valence-electron chi connectivity index (χ2n) is 6.85. The molecule has 1 unspecified atom stereocenters. The number of H-pyrrole nitrogens is 1. The first-order valence-electron chi connectivity index (χ1n) is 9.53. The zero-order valence-electron chi connectivity index (χ0n) is 16.7. The number of amides is 2. The number of fused-ring (bicyclic) bond motifs is 1. The van der Waals surface area contributed by atoms with Crippen LogP contribution in [0.15, 0.2) is 54.9 Å². The zero-order valence-corrected chi connectivity index (χ0v) is 16.7. The summed E-state index contributed by atoms with van der Waals surface area (Å²) < 4.78 is 10.1. The Bertz CT molecular complexity index is 1060. The van der Waals surface area contributed by atoms with Gasteiger partial charge in [0.15, 0.2) is 0 Å². The maximum atomic E-state index is 13.3. The number of benzene rings is 2. The van der Waals surface area contributed by atoms with E-state index in [0.29, 0.717) is 24.2 Å². The van der Waals surface area contributed by atoms with E-state index in [4.69, 9.17) is 9.47 Å². The lowest BCUT2D eigenvalue weighted by Gasteiger charge is -2.35. The largest absolute Gasteiger partial charge is 0.497 e. The zero-order chi connectivity index (χ0) is 21.1. The molecule has 2 aromatic carbocycles. The van der Waals surface area contributed by atoms with E-state index in [0.717, 1.165) is 22.7 Å². The Kier molecular flexibility index (Phi) is 5.38. The van der Waals surface area contributed by atoms with Crippen molar-refractivity contribution in [2.45, 2.75) is 12.5 Å². The van der Waals surface area contributed by atoms with Gasteiger partial charge in [-0.15, -0.1) is 0 Å². The fourth-order valence-corrected chi connectivity index (χ4v) is 3.69. The number of esters is 1. The highest BCUT2D eigenvalue weighted by Crippen LogP contribution is 2.34. The molecule has 154 valence electrons. The molecule has 2 N–H and O–H groups in total. The number of nitrogens with zero attached hydrogens (tertiary/aromatic N) is 2. The minimum absolute atomic E-state index is 0.298. The second kappa shape index (κ2) is 8.28. The van der Waals surface area contributed by atoms with Gasteiger partial charge < -0.3 is 24.7 Å². The van der Waals surface area contributed by atoms with E-state index in [1.165, 1.54) is 7.11 Å². The molecule has 1 aliphatic rings. The summed E-state index contributed by atoms with van der Waals surface area (Å²) in [5, 5.41) is 2.86. The van der Waals surface area contributed by atoms with E-state index in [1.54, 1.807) is 42.6 Å². The lowest BCUT2D eigenvalue weighted by atomic mass is 9.96. The van der Waals surface area contributed by atoms with Crippen LogP contribution in [-0.4, -0.2) is 47.6 Å². The van der Waals surface area contributed by atoms with Crippen LogP contribution >= 0.6 is 0 Å². The van der Waals surface area contributed by atoms with Crippen molar-refractivity contribution in [2.75, 3.05) is 26.1 Å². The van der Waals surface area contributed by atoms with Crippen LogP contribution in [0, 0.1) is 0 Å². The van der Waals surface area contributed by atoms with E-state index < -0.39 is 5.97 Å². The average Bonchev–Trinajstić information content (AvgIpc) is 3.27. The normalized spacial score (nSPS) is 15.3. The number of carbonyl (C=O) groups excluding carboxylic acids is 2. The number of anilines is 1. The SMILES string of the molecule is COC(=O)c1ccccc1NC(=O)N1CCc2[nH]cnc2C1c1ccc(OC)cc1. The van der Waals surface area contributed by atoms with Gasteiger partial charge in [0, 0.05) is 18.7 Å². The van der Waals surface area contributed by atoms with Crippen LogP contribution in [0.25, 0.3) is 0 Å². The van der Waals surface area contributed by atoms with Crippen molar-refractivity contribution in [2.24, 2.45) is 0 Å². The quantitative estimate of drug-likeness (QED) is 0.648. The van der Waals surface area contributed by atoms with Gasteiger partial charge in [-0.25, -0.2) is 14.6 Å². The molecule has 2 heterocycles. The molecular formula is C22H22N4O4. The van der Waals surface area contributed by atoms with Gasteiger partial charge in [0.05, 0.1) is 37.5 Å². The maximum absolute atomic E-state index is 13.3. The number of hydrogen-bond acceptors (Lipinski definition) is 5. The predicted octanol–water partition coefficient (Wildman–Crippen LogP) is 3.38. The number of carbonyl (C=O) groups is 2. The number of para-hydroxylation sites is 1. The minimum Gasteiger partial charge on any atom is -0.497 e. The summed E-state index contributed by atoms with van der Waals surface area (Å²) in [6.07, 6.45) is 2.31. The van der Waals surface area contributed by atoms with Gasteiger partial charge in [0.25, 0.3) is 0 Å². The molecule has 0 saturated heterocycles. The first-order chi connectivity index (χ1) is 14.6. The van der Waals surface area contributed by atoms with Gasteiger partial charge in [-0.1, -0.05) is 24.3 Å². The van der Waals surface area contributed by atoms with Gasteiger partial charge >= 0.3 is 12.0 Å². The van der Waals surface area contributed by atoms with E-state index in [2.05, 4.69) is 15.3 Å². The molecular weight excluding hydrogens is 384 g/mol. The summed E-state index contributed by atoms with van der Waals surface area (Å²) in [5.41, 5.74) is 3.43. The van der Waals surface area contributed by atoms with Crippen LogP contribution in [0.4, 0.5) is 10.5 Å². The van der Waals surface area contributed by atoms with Crippen molar-refractivity contribution in [3.05, 3.63) is 77.4 Å². The molecule has 8 nitrogen and oxygen atoms in total. The second-order valence-corrected chi connectivity index (χ2v) is 6.85. The lowest BCUT2D eigenvalue weighted by Crippen LogP contribution is -2.43. The molecule has 0 radical (unpaired) electrons. The Morgan fingerprint density at radius 2 is 1.90 bits per heavy atom. The van der Waals surface area contributed by atoms with Gasteiger partial charge in [-0.3, -0.25) is 0 Å². The topological polar surface area (TPSA) is 96.6 Å². The molecule has 30 heavy (non-hydrogen) atoms. The third-order valence-electron chi connectivity index (χ3n) is 5.19. The molecule has 0 spiro atoms. The van der Waals surface area contributed by atoms with Gasteiger partial charge in [-0.05, 0) is 29.8 Å². The van der Waals surface area contributed by atoms with E-state index in [9.17, 15) is 9.59 Å². The van der Waals surface area contributed by atoms with E-state index >= 15 is 0 Å². The molecule has 0 saturated carbocycles. The molecule has 2 amide bonds. The fourth-order valence-electron chi connectivity index (χ4n) is 3.69. The Morgan fingerprint density at radius 3 is 2.63 bits per heavy atom. The highest BCUT2D eigenvalue weighted by atomic mass is 16.5. The number of ether oxygens (including phenoxy) is 2. The first-order valence-corrected chi connectivity index (χ1v) is 9.53. The van der Waals surface area contributed by atoms with Crippen LogP contribution in [0.1, 0.15) is 33.4 Å². The summed E-state index contributed by atoms with van der Waals surface area (Å²) in [7, 11) is 2.92. The summed E-state index contributed by atoms with van der Waals surface area (Å²) >= 11 is 0. The number of hydrogen-bond donors (Lipinski definition) is 2. The first kappa shape index (κ1) is 19.5. The molecule has 1 aliphatic heterocycles. The number of imidazole rings is 1. The van der Waals surface area contributed by atoms with Crippen molar-refractivity contribution in [1.82, 2.24) is 14.9 Å². The van der Waals surface area contributed by atoms with Gasteiger partial charge in [-0.2, -0.15) is 0 Å². The number of urea groups is 1. The Morgan fingerprint density at radius 1 is 1.13 bits per heavy atom. The summed E-state index contributed by atoms with van der Waals surface area (Å²) in [6.45, 7) is 0.498. The standard InChI is InChI=1S/C22H22N4O4/c1-29-15-9-7-14(8-10-15)20-19-18(23-13-24-19)11-12-26(20)22(28)25-17-6-4-3-5-16(17)21(27)30-2/h3-10,13,20H,11-12H2,1-2H3,(H,23,24)(H,25,28). The van der Waals surface area contributed by atoms with Gasteiger partial charge in [0.1, 0.15) is 11.8 Å². The van der Waals surface area contributed by atoms with Crippen molar-refractivity contribution in [1.29, 1.82) is 0 Å². The molecule has 1 atom stereocenters. The van der Waals surface area contributed by atoms with Crippen LogP contribution < -0.4 is 10.1 Å². The number of methoxy groups -OCH3 is 2. The summed E-state index contributed by atoms with van der Waals surface area (Å²) in [4.78, 5) is 34.7. The number of aromatic nitrogens is 2. The summed E-state index contributed by atoms with van der Waals surface area (Å²) in [5.74, 6) is 0.227. The smallest absolute Gasteiger partial charge is 0.339 e. The predicted molar refractivity (Wildman–Crippen MR) is 111 cm³/mol. The molecule has 4 rings (SSSR count). The number of aromatic amines is 1. The molecule has 8 heteroatoms. The maximum Gasteiger partial charge on any atom is 0.339 e. The van der Waals surface area contributed by atoms with Crippen LogP contribution in [0.3, 0.4) is 0 Å². The Labute approximate surface area is 173 Å². The van der Waals surface area contributed by atoms with Crippen molar-refractivity contribution in [3.8, 4) is 5.75 Å². The highest BCUT2D eigenvalue weighted by molar-refractivity contribution is 6.01. The summed E-state index contributed by atoms with van der Waals surface area (Å²) in [6, 6.07) is 13.7. The highest BCUT2D eigenvalue weighted by Gasteiger charge is 2.34. The third kappa shape index (κ3) is 3.59. The van der Waals surface area contributed by atoms with Gasteiger partial charge in [0.2, 0.25) is 0 Å². The van der Waals surface area contributed by atoms with Crippen molar-refractivity contribution < 1.29 is 19.1 Å². The van der Waals surface area contributed by atoms with Crippen LogP contribution in [0.2, 0.25) is 0 Å².